The molecule has 0 rings (SSSR count). The van der Waals surface area contributed by atoms with E-state index >= 15 is 0 Å². The molecule has 0 aromatic rings. The highest BCUT2D eigenvalue weighted by Gasteiger charge is 2.00. The Morgan fingerprint density at radius 2 is 1.33 bits per heavy atom. The Morgan fingerprint density at radius 1 is 0.833 bits per heavy atom. The van der Waals surface area contributed by atoms with Crippen LogP contribution in [0.4, 0.5) is 0 Å². The Balaban J connectivity index is 3.10. The molecule has 0 aromatic carbocycles. The molecule has 0 atom stereocenters. The summed E-state index contributed by atoms with van der Waals surface area (Å²) >= 11 is 0. The summed E-state index contributed by atoms with van der Waals surface area (Å²) in [6.07, 6.45) is 17.3. The largest absolute Gasteiger partial charge is 0.300 e. The van der Waals surface area contributed by atoms with Crippen molar-refractivity contribution < 1.29 is 4.79 Å². The molecule has 1 heteroatoms. The summed E-state index contributed by atoms with van der Waals surface area (Å²) < 4.78 is 0. The molecule has 0 aliphatic rings. The molecule has 0 radical (unpaired) electrons. The van der Waals surface area contributed by atoms with Gasteiger partial charge in [-0.2, -0.15) is 0 Å². The van der Waals surface area contributed by atoms with E-state index in [1.807, 2.05) is 6.08 Å². The van der Waals surface area contributed by atoms with Gasteiger partial charge in [0.15, 0.2) is 0 Å². The van der Waals surface area contributed by atoms with Gasteiger partial charge in [0.25, 0.3) is 0 Å². The molecule has 0 N–H and O–H groups in total. The number of hydrogen-bond donors (Lipinski definition) is 0. The van der Waals surface area contributed by atoms with Gasteiger partial charge >= 0.3 is 0 Å². The third kappa shape index (κ3) is 13.5. The third-order valence-electron chi connectivity index (χ3n) is 3.42. The number of carbonyl (C=O) groups is 1. The van der Waals surface area contributed by atoms with Crippen LogP contribution in [0.15, 0.2) is 12.7 Å². The van der Waals surface area contributed by atoms with Gasteiger partial charge in [-0.3, -0.25) is 4.79 Å². The zero-order chi connectivity index (χ0) is 13.5. The molecule has 0 aromatic heterocycles. The van der Waals surface area contributed by atoms with E-state index in [2.05, 4.69) is 13.5 Å². The molecule has 0 unspecified atom stereocenters. The minimum absolute atomic E-state index is 0.444. The molecule has 0 amide bonds. The lowest BCUT2D eigenvalue weighted by Crippen LogP contribution is -1.97. The normalized spacial score (nSPS) is 10.5. The van der Waals surface area contributed by atoms with Gasteiger partial charge in [0.2, 0.25) is 0 Å². The highest BCUT2D eigenvalue weighted by atomic mass is 16.1. The van der Waals surface area contributed by atoms with Crippen molar-refractivity contribution in [1.29, 1.82) is 0 Å². The van der Waals surface area contributed by atoms with Crippen molar-refractivity contribution in [3.63, 3.8) is 0 Å². The summed E-state index contributed by atoms with van der Waals surface area (Å²) in [5.74, 6) is 0.444. The molecule has 0 spiro atoms. The zero-order valence-corrected chi connectivity index (χ0v) is 12.4. The molecular formula is C17H32O. The van der Waals surface area contributed by atoms with Crippen LogP contribution in [0.25, 0.3) is 0 Å². The lowest BCUT2D eigenvalue weighted by atomic mass is 10.0. The van der Waals surface area contributed by atoms with Crippen molar-refractivity contribution >= 4 is 5.78 Å². The predicted octanol–water partition coefficient (Wildman–Crippen LogP) is 5.83. The average Bonchev–Trinajstić information content (AvgIpc) is 2.37. The maximum Gasteiger partial charge on any atom is 0.132 e. The van der Waals surface area contributed by atoms with Gasteiger partial charge in [-0.15, -0.1) is 6.58 Å². The van der Waals surface area contributed by atoms with Crippen LogP contribution in [0.3, 0.4) is 0 Å². The first-order valence-corrected chi connectivity index (χ1v) is 7.93. The Labute approximate surface area is 114 Å². The highest BCUT2D eigenvalue weighted by Crippen LogP contribution is 2.11. The molecule has 0 bridgehead atoms. The first-order chi connectivity index (χ1) is 8.81. The Kier molecular flexibility index (Phi) is 14.0. The van der Waals surface area contributed by atoms with Crippen molar-refractivity contribution in [3.8, 4) is 0 Å². The zero-order valence-electron chi connectivity index (χ0n) is 12.4. The topological polar surface area (TPSA) is 17.1 Å². The van der Waals surface area contributed by atoms with E-state index in [0.29, 0.717) is 5.78 Å². The minimum atomic E-state index is 0.444. The Bertz CT molecular complexity index is 196. The molecule has 18 heavy (non-hydrogen) atoms. The first kappa shape index (κ1) is 17.4. The number of ketones is 1. The number of rotatable bonds is 14. The lowest BCUT2D eigenvalue weighted by molar-refractivity contribution is -0.119. The second-order valence-corrected chi connectivity index (χ2v) is 5.30. The average molecular weight is 252 g/mol. The SMILES string of the molecule is C=CCCCC(=O)CCCCCCCCCCC. The maximum absolute atomic E-state index is 11.5. The number of Topliss-reactive ketones (excluding diaryl/α,β-unsaturated/α-hetero) is 1. The van der Waals surface area contributed by atoms with Gasteiger partial charge in [-0.1, -0.05) is 64.4 Å². The van der Waals surface area contributed by atoms with Gasteiger partial charge in [0.1, 0.15) is 5.78 Å². The maximum atomic E-state index is 11.5. The van der Waals surface area contributed by atoms with Crippen molar-refractivity contribution in [2.45, 2.75) is 90.4 Å². The molecule has 0 aliphatic carbocycles. The fourth-order valence-corrected chi connectivity index (χ4v) is 2.20. The third-order valence-corrected chi connectivity index (χ3v) is 3.42. The summed E-state index contributed by atoms with van der Waals surface area (Å²) in [6, 6.07) is 0. The van der Waals surface area contributed by atoms with Gasteiger partial charge < -0.3 is 0 Å². The van der Waals surface area contributed by atoms with Crippen LogP contribution in [0.2, 0.25) is 0 Å². The summed E-state index contributed by atoms with van der Waals surface area (Å²) in [4.78, 5) is 11.5. The van der Waals surface area contributed by atoms with Crippen LogP contribution < -0.4 is 0 Å². The van der Waals surface area contributed by atoms with Crippen LogP contribution in [0.1, 0.15) is 90.4 Å². The number of carbonyl (C=O) groups excluding carboxylic acids is 1. The lowest BCUT2D eigenvalue weighted by Gasteiger charge is -2.02. The van der Waals surface area contributed by atoms with E-state index in [4.69, 9.17) is 0 Å². The second-order valence-electron chi connectivity index (χ2n) is 5.30. The van der Waals surface area contributed by atoms with E-state index in [9.17, 15) is 4.79 Å². The number of allylic oxidation sites excluding steroid dienone is 1. The van der Waals surface area contributed by atoms with E-state index in [0.717, 1.165) is 32.1 Å². The van der Waals surface area contributed by atoms with Crippen LogP contribution in [-0.4, -0.2) is 5.78 Å². The molecule has 0 heterocycles. The van der Waals surface area contributed by atoms with Crippen molar-refractivity contribution in [2.75, 3.05) is 0 Å². The monoisotopic (exact) mass is 252 g/mol. The van der Waals surface area contributed by atoms with Crippen LogP contribution in [0, 0.1) is 0 Å². The highest BCUT2D eigenvalue weighted by molar-refractivity contribution is 5.78. The fraction of sp³-hybridized carbons (Fsp3) is 0.824. The smallest absolute Gasteiger partial charge is 0.132 e. The summed E-state index contributed by atoms with van der Waals surface area (Å²) in [7, 11) is 0. The van der Waals surface area contributed by atoms with Crippen LogP contribution in [-0.2, 0) is 4.79 Å². The van der Waals surface area contributed by atoms with Crippen LogP contribution >= 0.6 is 0 Å². The first-order valence-electron chi connectivity index (χ1n) is 7.93. The van der Waals surface area contributed by atoms with E-state index in [-0.39, 0.29) is 0 Å². The fourth-order valence-electron chi connectivity index (χ4n) is 2.20. The van der Waals surface area contributed by atoms with E-state index < -0.39 is 0 Å². The Hall–Kier alpha value is -0.590. The summed E-state index contributed by atoms with van der Waals surface area (Å²) in [5, 5.41) is 0. The second kappa shape index (κ2) is 14.5. The molecule has 0 aliphatic heterocycles. The molecule has 0 saturated heterocycles. The summed E-state index contributed by atoms with van der Waals surface area (Å²) in [5.41, 5.74) is 0. The molecule has 106 valence electrons. The molecule has 0 fully saturated rings. The van der Waals surface area contributed by atoms with Crippen molar-refractivity contribution in [2.24, 2.45) is 0 Å². The van der Waals surface area contributed by atoms with E-state index in [1.54, 1.807) is 0 Å². The number of unbranched alkanes of at least 4 members (excludes halogenated alkanes) is 9. The summed E-state index contributed by atoms with van der Waals surface area (Å²) in [6.45, 7) is 5.92. The van der Waals surface area contributed by atoms with Gasteiger partial charge in [0.05, 0.1) is 0 Å². The van der Waals surface area contributed by atoms with Gasteiger partial charge in [-0.25, -0.2) is 0 Å². The van der Waals surface area contributed by atoms with Crippen molar-refractivity contribution in [1.82, 2.24) is 0 Å². The van der Waals surface area contributed by atoms with Gasteiger partial charge in [0, 0.05) is 12.8 Å². The minimum Gasteiger partial charge on any atom is -0.300 e. The van der Waals surface area contributed by atoms with E-state index in [1.165, 1.54) is 51.4 Å². The van der Waals surface area contributed by atoms with Crippen molar-refractivity contribution in [3.05, 3.63) is 12.7 Å². The Morgan fingerprint density at radius 3 is 1.89 bits per heavy atom. The predicted molar refractivity (Wildman–Crippen MR) is 80.9 cm³/mol. The standard InChI is InChI=1S/C17H32O/c1-3-5-7-8-9-10-11-12-14-16-17(18)15-13-6-4-2/h4H,2-3,5-16H2,1H3. The number of hydrogen-bond acceptors (Lipinski definition) is 1. The van der Waals surface area contributed by atoms with Crippen LogP contribution in [0.5, 0.6) is 0 Å². The van der Waals surface area contributed by atoms with Gasteiger partial charge in [-0.05, 0) is 19.3 Å². The quantitative estimate of drug-likeness (QED) is 0.281. The molecule has 1 nitrogen and oxygen atoms in total. The molecular weight excluding hydrogens is 220 g/mol. The molecule has 0 saturated carbocycles.